The van der Waals surface area contributed by atoms with Crippen LogP contribution in [0.4, 0.5) is 10.1 Å². The normalized spacial score (nSPS) is 14.7. The summed E-state index contributed by atoms with van der Waals surface area (Å²) in [5.41, 5.74) is 7.99. The highest BCUT2D eigenvalue weighted by Gasteiger charge is 2.20. The van der Waals surface area contributed by atoms with Crippen LogP contribution >= 0.6 is 23.2 Å². The van der Waals surface area contributed by atoms with Crippen molar-refractivity contribution >= 4 is 28.9 Å². The Morgan fingerprint density at radius 1 is 1.07 bits per heavy atom. The first-order valence-corrected chi connectivity index (χ1v) is 13.8. The minimum Gasteiger partial charge on any atom is -0.491 e. The number of anilines is 1. The number of nitrogens with zero attached hydrogens (tertiary/aromatic N) is 3. The molecule has 1 atom stereocenters. The number of nitrogen functional groups attached to an aromatic ring is 1. The standard InChI is InChI=1S/C29H29Cl2FN4O5/c1-17-10-22(39-16-21(37)15-36-6-8-38-9-7-36)3-4-24(17)29-35-34-26(41-29)11-18-2-5-25(31)28(27(18)32)40-23-13-19(30)12-20(33)14-23/h2-5,10,12-14,21,37H,6-9,11,15-16,33H2,1H3/t21-/m0/s1. The van der Waals surface area contributed by atoms with Crippen LogP contribution in [0.5, 0.6) is 17.2 Å². The van der Waals surface area contributed by atoms with Crippen molar-refractivity contribution in [3.8, 4) is 28.7 Å². The molecule has 0 amide bonds. The number of hydrogen-bond donors (Lipinski definition) is 2. The SMILES string of the molecule is Cc1cc(OC[C@@H](O)CN2CCOCC2)ccc1-c1nnc(Cc2ccc(Cl)c(Oc3cc(N)cc(Cl)c3)c2F)o1. The fourth-order valence-corrected chi connectivity index (χ4v) is 4.87. The summed E-state index contributed by atoms with van der Waals surface area (Å²) in [5, 5.41) is 19.0. The third-order valence-corrected chi connectivity index (χ3v) is 7.01. The van der Waals surface area contributed by atoms with E-state index in [-0.39, 0.29) is 46.9 Å². The van der Waals surface area contributed by atoms with Gasteiger partial charge in [-0.3, -0.25) is 4.90 Å². The monoisotopic (exact) mass is 602 g/mol. The van der Waals surface area contributed by atoms with E-state index >= 15 is 4.39 Å². The Balaban J connectivity index is 1.24. The highest BCUT2D eigenvalue weighted by atomic mass is 35.5. The van der Waals surface area contributed by atoms with Gasteiger partial charge in [0.05, 0.1) is 24.7 Å². The molecule has 1 aliphatic heterocycles. The number of aliphatic hydroxyl groups is 1. The van der Waals surface area contributed by atoms with E-state index in [0.29, 0.717) is 41.8 Å². The second-order valence-electron chi connectivity index (χ2n) is 9.70. The minimum atomic E-state index is -0.663. The van der Waals surface area contributed by atoms with Gasteiger partial charge in [0.25, 0.3) is 0 Å². The molecule has 0 spiro atoms. The predicted molar refractivity (Wildman–Crippen MR) is 153 cm³/mol. The highest BCUT2D eigenvalue weighted by molar-refractivity contribution is 6.32. The first-order chi connectivity index (χ1) is 19.7. The van der Waals surface area contributed by atoms with Crippen molar-refractivity contribution in [3.63, 3.8) is 0 Å². The summed E-state index contributed by atoms with van der Waals surface area (Å²) in [6.07, 6.45) is -0.597. The molecule has 4 aromatic rings. The van der Waals surface area contributed by atoms with Crippen molar-refractivity contribution < 1.29 is 28.1 Å². The Morgan fingerprint density at radius 3 is 2.63 bits per heavy atom. The summed E-state index contributed by atoms with van der Waals surface area (Å²) in [7, 11) is 0. The molecule has 1 aliphatic rings. The van der Waals surface area contributed by atoms with Gasteiger partial charge in [-0.1, -0.05) is 29.3 Å². The van der Waals surface area contributed by atoms with Crippen LogP contribution in [-0.4, -0.2) is 65.8 Å². The van der Waals surface area contributed by atoms with Gasteiger partial charge in [-0.05, 0) is 48.9 Å². The Hall–Kier alpha value is -3.41. The van der Waals surface area contributed by atoms with Crippen molar-refractivity contribution in [2.24, 2.45) is 0 Å². The maximum Gasteiger partial charge on any atom is 0.248 e. The van der Waals surface area contributed by atoms with Gasteiger partial charge in [0.2, 0.25) is 11.8 Å². The third kappa shape index (κ3) is 7.46. The average Bonchev–Trinajstić information content (AvgIpc) is 3.40. The molecule has 0 aliphatic carbocycles. The molecule has 5 rings (SSSR count). The van der Waals surface area contributed by atoms with Gasteiger partial charge in [-0.15, -0.1) is 10.2 Å². The number of aryl methyl sites for hydroxylation is 1. The summed E-state index contributed by atoms with van der Waals surface area (Å²) < 4.78 is 38.1. The lowest BCUT2D eigenvalue weighted by Crippen LogP contribution is -2.42. The molecule has 1 fully saturated rings. The summed E-state index contributed by atoms with van der Waals surface area (Å²) in [4.78, 5) is 2.15. The molecule has 12 heteroatoms. The number of morpholine rings is 1. The lowest BCUT2D eigenvalue weighted by atomic mass is 10.1. The van der Waals surface area contributed by atoms with Gasteiger partial charge in [-0.25, -0.2) is 4.39 Å². The van der Waals surface area contributed by atoms with Crippen LogP contribution in [0.3, 0.4) is 0 Å². The van der Waals surface area contributed by atoms with E-state index in [2.05, 4.69) is 15.1 Å². The van der Waals surface area contributed by atoms with Gasteiger partial charge in [0.15, 0.2) is 11.6 Å². The molecule has 1 saturated heterocycles. The average molecular weight is 603 g/mol. The van der Waals surface area contributed by atoms with Crippen LogP contribution in [0.25, 0.3) is 11.5 Å². The second kappa shape index (κ2) is 13.1. The van der Waals surface area contributed by atoms with Gasteiger partial charge in [0, 0.05) is 47.5 Å². The maximum absolute atomic E-state index is 15.4. The number of benzene rings is 3. The molecule has 3 aromatic carbocycles. The molecular weight excluding hydrogens is 574 g/mol. The number of halogens is 3. The Morgan fingerprint density at radius 2 is 1.88 bits per heavy atom. The molecule has 0 bridgehead atoms. The Bertz CT molecular complexity index is 1490. The number of aliphatic hydroxyl groups excluding tert-OH is 1. The lowest BCUT2D eigenvalue weighted by Gasteiger charge is -2.28. The molecule has 216 valence electrons. The maximum atomic E-state index is 15.4. The number of ether oxygens (including phenoxy) is 3. The summed E-state index contributed by atoms with van der Waals surface area (Å²) >= 11 is 12.3. The van der Waals surface area contributed by atoms with E-state index in [1.165, 1.54) is 24.3 Å². The molecule has 3 N–H and O–H groups in total. The fourth-order valence-electron chi connectivity index (χ4n) is 4.45. The number of nitrogens with two attached hydrogens (primary N) is 1. The lowest BCUT2D eigenvalue weighted by molar-refractivity contribution is 0.00465. The van der Waals surface area contributed by atoms with Crippen LogP contribution in [0.1, 0.15) is 17.0 Å². The quantitative estimate of drug-likeness (QED) is 0.226. The van der Waals surface area contributed by atoms with Gasteiger partial charge >= 0.3 is 0 Å². The van der Waals surface area contributed by atoms with Crippen molar-refractivity contribution in [1.82, 2.24) is 15.1 Å². The smallest absolute Gasteiger partial charge is 0.248 e. The van der Waals surface area contributed by atoms with E-state index in [0.717, 1.165) is 18.7 Å². The molecule has 0 unspecified atom stereocenters. The van der Waals surface area contributed by atoms with E-state index in [9.17, 15) is 5.11 Å². The van der Waals surface area contributed by atoms with Crippen molar-refractivity contribution in [2.75, 3.05) is 45.2 Å². The van der Waals surface area contributed by atoms with Crippen LogP contribution < -0.4 is 15.2 Å². The highest BCUT2D eigenvalue weighted by Crippen LogP contribution is 2.36. The molecule has 0 saturated carbocycles. The largest absolute Gasteiger partial charge is 0.491 e. The molecule has 9 nitrogen and oxygen atoms in total. The Kier molecular flexibility index (Phi) is 9.26. The van der Waals surface area contributed by atoms with Crippen molar-refractivity contribution in [1.29, 1.82) is 0 Å². The molecule has 0 radical (unpaired) electrons. The molecular formula is C29H29Cl2FN4O5. The fraction of sp³-hybridized carbons (Fsp3) is 0.310. The molecule has 2 heterocycles. The number of rotatable bonds is 10. The zero-order valence-corrected chi connectivity index (χ0v) is 23.8. The Labute approximate surface area is 246 Å². The van der Waals surface area contributed by atoms with Crippen LogP contribution in [0.2, 0.25) is 10.0 Å². The predicted octanol–water partition coefficient (Wildman–Crippen LogP) is 5.53. The first-order valence-electron chi connectivity index (χ1n) is 13.0. The van der Waals surface area contributed by atoms with Gasteiger partial charge < -0.3 is 29.5 Å². The van der Waals surface area contributed by atoms with Gasteiger partial charge in [0.1, 0.15) is 24.2 Å². The third-order valence-electron chi connectivity index (χ3n) is 6.49. The topological polar surface area (TPSA) is 116 Å². The first kappa shape index (κ1) is 29.1. The van der Waals surface area contributed by atoms with E-state index in [1.807, 2.05) is 19.1 Å². The number of hydrogen-bond acceptors (Lipinski definition) is 9. The molecule has 41 heavy (non-hydrogen) atoms. The number of aromatic nitrogens is 2. The number of β-amino-alcohol motifs (C(OH)–C–C–N with tert-alkyl or cyclic N) is 1. The van der Waals surface area contributed by atoms with E-state index in [1.54, 1.807) is 12.1 Å². The minimum absolute atomic E-state index is 0.0192. The van der Waals surface area contributed by atoms with Crippen molar-refractivity contribution in [2.45, 2.75) is 19.4 Å². The van der Waals surface area contributed by atoms with E-state index < -0.39 is 11.9 Å². The molecule has 1 aromatic heterocycles. The van der Waals surface area contributed by atoms with Crippen LogP contribution in [0, 0.1) is 12.7 Å². The zero-order valence-electron chi connectivity index (χ0n) is 22.3. The second-order valence-corrected chi connectivity index (χ2v) is 10.5. The zero-order chi connectivity index (χ0) is 28.9. The van der Waals surface area contributed by atoms with Crippen LogP contribution in [-0.2, 0) is 11.2 Å². The summed E-state index contributed by atoms with van der Waals surface area (Å²) in [6, 6.07) is 13.1. The van der Waals surface area contributed by atoms with E-state index in [4.69, 9.17) is 47.6 Å². The van der Waals surface area contributed by atoms with Crippen molar-refractivity contribution in [3.05, 3.63) is 81.4 Å². The summed E-state index contributed by atoms with van der Waals surface area (Å²) in [5.74, 6) is 0.546. The van der Waals surface area contributed by atoms with Crippen LogP contribution in [0.15, 0.2) is 52.9 Å². The summed E-state index contributed by atoms with van der Waals surface area (Å²) in [6.45, 7) is 5.54. The van der Waals surface area contributed by atoms with Gasteiger partial charge in [-0.2, -0.15) is 0 Å².